The first-order valence-electron chi connectivity index (χ1n) is 6.82. The SMILES string of the molecule is COC1=C(S(=O)(=O)c2ccc(C)cc2)[C@H]2C=C[C@@H]1CC2. The van der Waals surface area contributed by atoms with E-state index in [0.717, 1.165) is 18.4 Å². The molecule has 0 N–H and O–H groups in total. The van der Waals surface area contributed by atoms with Crippen LogP contribution < -0.4 is 0 Å². The molecule has 4 rings (SSSR count). The molecule has 20 heavy (non-hydrogen) atoms. The van der Waals surface area contributed by atoms with Crippen LogP contribution in [0, 0.1) is 18.8 Å². The molecular formula is C16H18O3S. The van der Waals surface area contributed by atoms with Crippen LogP contribution in [-0.4, -0.2) is 15.5 Å². The molecule has 106 valence electrons. The van der Waals surface area contributed by atoms with Crippen molar-refractivity contribution in [3.05, 3.63) is 52.6 Å². The van der Waals surface area contributed by atoms with Gasteiger partial charge < -0.3 is 4.74 Å². The van der Waals surface area contributed by atoms with E-state index in [4.69, 9.17) is 4.74 Å². The lowest BCUT2D eigenvalue weighted by atomic mass is 9.80. The van der Waals surface area contributed by atoms with E-state index < -0.39 is 9.84 Å². The van der Waals surface area contributed by atoms with Crippen LogP contribution in [0.5, 0.6) is 0 Å². The van der Waals surface area contributed by atoms with Crippen LogP contribution in [-0.2, 0) is 14.6 Å². The molecule has 3 aliphatic carbocycles. The maximum Gasteiger partial charge on any atom is 0.206 e. The minimum absolute atomic E-state index is 0.0405. The zero-order valence-corrected chi connectivity index (χ0v) is 12.5. The third-order valence-electron chi connectivity index (χ3n) is 4.12. The van der Waals surface area contributed by atoms with Crippen molar-refractivity contribution in [2.75, 3.05) is 7.11 Å². The fourth-order valence-corrected chi connectivity index (χ4v) is 4.89. The Bertz CT molecular complexity index is 681. The predicted octanol–water partition coefficient (Wildman–Crippen LogP) is 3.22. The lowest BCUT2D eigenvalue weighted by molar-refractivity contribution is 0.227. The van der Waals surface area contributed by atoms with Gasteiger partial charge in [0.1, 0.15) is 5.76 Å². The summed E-state index contributed by atoms with van der Waals surface area (Å²) in [5, 5.41) is 0. The molecule has 0 aliphatic heterocycles. The van der Waals surface area contributed by atoms with Crippen molar-refractivity contribution in [2.45, 2.75) is 24.7 Å². The summed E-state index contributed by atoms with van der Waals surface area (Å²) in [4.78, 5) is 0.816. The molecule has 0 fully saturated rings. The Kier molecular flexibility index (Phi) is 3.21. The minimum atomic E-state index is -3.47. The molecule has 0 unspecified atom stereocenters. The summed E-state index contributed by atoms with van der Waals surface area (Å²) in [5.74, 6) is 0.700. The standard InChI is InChI=1S/C16H18O3S/c1-11-3-9-14(10-4-11)20(17,18)16-13-7-5-12(6-8-13)15(16)19-2/h3-5,7,9-10,12-13H,6,8H2,1-2H3/t12-,13+/m1/s1. The summed E-state index contributed by atoms with van der Waals surface area (Å²) in [6.07, 6.45) is 5.94. The third kappa shape index (κ3) is 1.99. The first kappa shape index (κ1) is 13.4. The fourth-order valence-electron chi connectivity index (χ4n) is 3.05. The summed E-state index contributed by atoms with van der Waals surface area (Å²) < 4.78 is 31.2. The van der Waals surface area contributed by atoms with Crippen molar-refractivity contribution in [1.29, 1.82) is 0 Å². The van der Waals surface area contributed by atoms with Gasteiger partial charge in [-0.3, -0.25) is 0 Å². The molecular weight excluding hydrogens is 272 g/mol. The van der Waals surface area contributed by atoms with Crippen molar-refractivity contribution in [3.8, 4) is 0 Å². The van der Waals surface area contributed by atoms with Crippen molar-refractivity contribution >= 4 is 9.84 Å². The summed E-state index contributed by atoms with van der Waals surface area (Å²) in [6.45, 7) is 1.95. The van der Waals surface area contributed by atoms with Crippen molar-refractivity contribution < 1.29 is 13.2 Å². The van der Waals surface area contributed by atoms with E-state index in [2.05, 4.69) is 6.08 Å². The van der Waals surface area contributed by atoms with E-state index in [1.807, 2.05) is 25.1 Å². The number of benzene rings is 1. The molecule has 0 saturated heterocycles. The van der Waals surface area contributed by atoms with Gasteiger partial charge in [0.25, 0.3) is 0 Å². The highest BCUT2D eigenvalue weighted by atomic mass is 32.2. The Morgan fingerprint density at radius 3 is 2.20 bits per heavy atom. The Balaban J connectivity index is 2.13. The summed E-state index contributed by atoms with van der Waals surface area (Å²) in [5.41, 5.74) is 1.05. The molecule has 3 nitrogen and oxygen atoms in total. The van der Waals surface area contributed by atoms with Gasteiger partial charge in [0.2, 0.25) is 9.84 Å². The van der Waals surface area contributed by atoms with Gasteiger partial charge in [-0.2, -0.15) is 0 Å². The Hall–Kier alpha value is -1.55. The summed E-state index contributed by atoms with van der Waals surface area (Å²) in [6, 6.07) is 7.02. The molecule has 2 atom stereocenters. The van der Waals surface area contributed by atoms with Gasteiger partial charge in [-0.1, -0.05) is 29.8 Å². The second-order valence-electron chi connectivity index (χ2n) is 5.42. The lowest BCUT2D eigenvalue weighted by Gasteiger charge is -2.34. The van der Waals surface area contributed by atoms with Crippen molar-refractivity contribution in [2.24, 2.45) is 11.8 Å². The molecule has 2 bridgehead atoms. The zero-order chi connectivity index (χ0) is 14.3. The maximum absolute atomic E-state index is 12.9. The first-order chi connectivity index (χ1) is 9.54. The van der Waals surface area contributed by atoms with Gasteiger partial charge in [0.15, 0.2) is 0 Å². The number of rotatable bonds is 3. The van der Waals surface area contributed by atoms with E-state index >= 15 is 0 Å². The average molecular weight is 290 g/mol. The van der Waals surface area contributed by atoms with E-state index in [9.17, 15) is 8.42 Å². The van der Waals surface area contributed by atoms with E-state index in [1.165, 1.54) is 0 Å². The predicted molar refractivity (Wildman–Crippen MR) is 77.8 cm³/mol. The van der Waals surface area contributed by atoms with Gasteiger partial charge in [0, 0.05) is 11.8 Å². The molecule has 0 aromatic heterocycles. The smallest absolute Gasteiger partial charge is 0.206 e. The quantitative estimate of drug-likeness (QED) is 0.803. The molecule has 1 aromatic rings. The molecule has 0 saturated carbocycles. The number of ether oxygens (including phenoxy) is 1. The number of methoxy groups -OCH3 is 1. The fraction of sp³-hybridized carbons (Fsp3) is 0.375. The highest BCUT2D eigenvalue weighted by Crippen LogP contribution is 2.44. The van der Waals surface area contributed by atoms with E-state index in [0.29, 0.717) is 15.6 Å². The maximum atomic E-state index is 12.9. The minimum Gasteiger partial charge on any atom is -0.499 e. The van der Waals surface area contributed by atoms with Crippen molar-refractivity contribution in [3.63, 3.8) is 0 Å². The van der Waals surface area contributed by atoms with Gasteiger partial charge in [0.05, 0.1) is 16.9 Å². The van der Waals surface area contributed by atoms with Crippen LogP contribution >= 0.6 is 0 Å². The number of hydrogen-bond acceptors (Lipinski definition) is 3. The van der Waals surface area contributed by atoms with Gasteiger partial charge in [-0.05, 0) is 31.9 Å². The topological polar surface area (TPSA) is 43.4 Å². The van der Waals surface area contributed by atoms with Gasteiger partial charge in [-0.25, -0.2) is 8.42 Å². The van der Waals surface area contributed by atoms with Crippen LogP contribution in [0.3, 0.4) is 0 Å². The first-order valence-corrected chi connectivity index (χ1v) is 8.30. The zero-order valence-electron chi connectivity index (χ0n) is 11.7. The van der Waals surface area contributed by atoms with Gasteiger partial charge >= 0.3 is 0 Å². The third-order valence-corrected chi connectivity index (χ3v) is 6.10. The van der Waals surface area contributed by atoms with Crippen LogP contribution in [0.2, 0.25) is 0 Å². The summed E-state index contributed by atoms with van der Waals surface area (Å²) in [7, 11) is -1.90. The molecule has 1 aromatic carbocycles. The molecule has 0 radical (unpaired) electrons. The monoisotopic (exact) mass is 290 g/mol. The average Bonchev–Trinajstić information content (AvgIpc) is 2.47. The number of allylic oxidation sites excluding steroid dienone is 3. The Morgan fingerprint density at radius 2 is 1.65 bits per heavy atom. The van der Waals surface area contributed by atoms with Crippen LogP contribution in [0.15, 0.2) is 52.0 Å². The van der Waals surface area contributed by atoms with Crippen molar-refractivity contribution in [1.82, 2.24) is 0 Å². The normalized spacial score (nSPS) is 25.1. The molecule has 0 amide bonds. The van der Waals surface area contributed by atoms with E-state index in [1.54, 1.807) is 19.2 Å². The molecule has 0 heterocycles. The molecule has 4 heteroatoms. The Labute approximate surface area is 119 Å². The van der Waals surface area contributed by atoms with E-state index in [-0.39, 0.29) is 11.8 Å². The highest BCUT2D eigenvalue weighted by molar-refractivity contribution is 7.95. The van der Waals surface area contributed by atoms with Crippen LogP contribution in [0.4, 0.5) is 0 Å². The van der Waals surface area contributed by atoms with Gasteiger partial charge in [-0.15, -0.1) is 0 Å². The highest BCUT2D eigenvalue weighted by Gasteiger charge is 2.39. The second kappa shape index (κ2) is 4.77. The number of fused-ring (bicyclic) bond motifs is 1. The summed E-state index contributed by atoms with van der Waals surface area (Å²) >= 11 is 0. The number of sulfone groups is 1. The lowest BCUT2D eigenvalue weighted by Crippen LogP contribution is -2.27. The second-order valence-corrected chi connectivity index (χ2v) is 7.34. The number of aryl methyl sites for hydroxylation is 1. The van der Waals surface area contributed by atoms with Crippen LogP contribution in [0.1, 0.15) is 18.4 Å². The molecule has 0 spiro atoms. The Morgan fingerprint density at radius 1 is 1.05 bits per heavy atom. The molecule has 3 aliphatic rings. The largest absolute Gasteiger partial charge is 0.499 e. The van der Waals surface area contributed by atoms with Crippen LogP contribution in [0.25, 0.3) is 0 Å². The number of hydrogen-bond donors (Lipinski definition) is 0.